The van der Waals surface area contributed by atoms with Gasteiger partial charge in [0.25, 0.3) is 5.91 Å². The molecular formula is C13H20N4O. The third-order valence-corrected chi connectivity index (χ3v) is 3.32. The summed E-state index contributed by atoms with van der Waals surface area (Å²) < 4.78 is 0. The smallest absolute Gasteiger partial charge is 0.272 e. The van der Waals surface area contributed by atoms with Gasteiger partial charge in [0.05, 0.1) is 0 Å². The number of aryl methyl sites for hydroxylation is 1. The van der Waals surface area contributed by atoms with Gasteiger partial charge in [-0.3, -0.25) is 14.7 Å². The number of rotatable bonds is 3. The van der Waals surface area contributed by atoms with Crippen molar-refractivity contribution in [1.82, 2.24) is 14.8 Å². The van der Waals surface area contributed by atoms with Crippen molar-refractivity contribution < 1.29 is 4.79 Å². The topological polar surface area (TPSA) is 62.5 Å². The van der Waals surface area contributed by atoms with E-state index >= 15 is 0 Å². The number of nitrogens with two attached hydrogens (primary N) is 1. The average molecular weight is 248 g/mol. The predicted octanol–water partition coefficient (Wildman–Crippen LogP) is 0.107. The lowest BCUT2D eigenvalue weighted by Gasteiger charge is -2.34. The highest BCUT2D eigenvalue weighted by molar-refractivity contribution is 5.93. The number of aromatic nitrogens is 1. The van der Waals surface area contributed by atoms with Crippen molar-refractivity contribution in [3.05, 3.63) is 29.6 Å². The Kier molecular flexibility index (Phi) is 4.28. The zero-order valence-electron chi connectivity index (χ0n) is 10.8. The van der Waals surface area contributed by atoms with E-state index in [9.17, 15) is 4.79 Å². The van der Waals surface area contributed by atoms with Crippen LogP contribution in [0.3, 0.4) is 0 Å². The van der Waals surface area contributed by atoms with E-state index in [1.807, 2.05) is 24.0 Å². The first-order chi connectivity index (χ1) is 8.72. The normalized spacial score (nSPS) is 16.9. The van der Waals surface area contributed by atoms with Gasteiger partial charge < -0.3 is 10.6 Å². The van der Waals surface area contributed by atoms with Crippen LogP contribution < -0.4 is 5.73 Å². The third kappa shape index (κ3) is 2.86. The summed E-state index contributed by atoms with van der Waals surface area (Å²) in [7, 11) is 0. The van der Waals surface area contributed by atoms with Gasteiger partial charge in [-0.05, 0) is 18.6 Å². The van der Waals surface area contributed by atoms with Crippen LogP contribution in [0.4, 0.5) is 0 Å². The van der Waals surface area contributed by atoms with Gasteiger partial charge in [-0.1, -0.05) is 6.07 Å². The summed E-state index contributed by atoms with van der Waals surface area (Å²) in [5.41, 5.74) is 7.04. The number of pyridine rings is 1. The number of hydrogen-bond acceptors (Lipinski definition) is 4. The fraction of sp³-hybridized carbons (Fsp3) is 0.538. The standard InChI is InChI=1S/C13H20N4O/c1-11-3-2-5-15-12(11)13(18)17-9-7-16(6-4-14)8-10-17/h2-3,5H,4,6-10,14H2,1H3. The Labute approximate surface area is 108 Å². The van der Waals surface area contributed by atoms with E-state index < -0.39 is 0 Å². The number of carbonyl (C=O) groups excluding carboxylic acids is 1. The van der Waals surface area contributed by atoms with Crippen LogP contribution in [0.15, 0.2) is 18.3 Å². The zero-order valence-corrected chi connectivity index (χ0v) is 10.8. The Morgan fingerprint density at radius 1 is 1.39 bits per heavy atom. The first-order valence-corrected chi connectivity index (χ1v) is 6.35. The number of amides is 1. The summed E-state index contributed by atoms with van der Waals surface area (Å²) in [6.45, 7) is 6.82. The molecule has 5 heteroatoms. The highest BCUT2D eigenvalue weighted by Gasteiger charge is 2.23. The van der Waals surface area contributed by atoms with Gasteiger partial charge in [-0.2, -0.15) is 0 Å². The van der Waals surface area contributed by atoms with Crippen molar-refractivity contribution in [1.29, 1.82) is 0 Å². The molecule has 18 heavy (non-hydrogen) atoms. The van der Waals surface area contributed by atoms with Gasteiger partial charge in [0.15, 0.2) is 0 Å². The van der Waals surface area contributed by atoms with Crippen molar-refractivity contribution in [3.8, 4) is 0 Å². The predicted molar refractivity (Wildman–Crippen MR) is 70.4 cm³/mol. The lowest BCUT2D eigenvalue weighted by molar-refractivity contribution is 0.0634. The minimum Gasteiger partial charge on any atom is -0.335 e. The maximum atomic E-state index is 12.3. The molecule has 1 saturated heterocycles. The monoisotopic (exact) mass is 248 g/mol. The second-order valence-electron chi connectivity index (χ2n) is 4.59. The molecule has 0 aromatic carbocycles. The molecule has 2 N–H and O–H groups in total. The highest BCUT2D eigenvalue weighted by atomic mass is 16.2. The van der Waals surface area contributed by atoms with Crippen LogP contribution in [0.25, 0.3) is 0 Å². The molecule has 98 valence electrons. The van der Waals surface area contributed by atoms with Crippen LogP contribution in [0.5, 0.6) is 0 Å². The van der Waals surface area contributed by atoms with Crippen LogP contribution in [-0.2, 0) is 0 Å². The van der Waals surface area contributed by atoms with Gasteiger partial charge in [0.1, 0.15) is 5.69 Å². The van der Waals surface area contributed by atoms with E-state index in [0.717, 1.165) is 38.3 Å². The summed E-state index contributed by atoms with van der Waals surface area (Å²) in [4.78, 5) is 20.7. The van der Waals surface area contributed by atoms with Gasteiger partial charge in [0.2, 0.25) is 0 Å². The quantitative estimate of drug-likeness (QED) is 0.824. The first-order valence-electron chi connectivity index (χ1n) is 6.35. The number of carbonyl (C=O) groups is 1. The molecule has 0 saturated carbocycles. The Hall–Kier alpha value is -1.46. The average Bonchev–Trinajstić information content (AvgIpc) is 2.40. The first kappa shape index (κ1) is 13.0. The van der Waals surface area contributed by atoms with Crippen molar-refractivity contribution in [2.75, 3.05) is 39.3 Å². The van der Waals surface area contributed by atoms with E-state index in [1.54, 1.807) is 6.20 Å². The van der Waals surface area contributed by atoms with Crippen molar-refractivity contribution in [2.24, 2.45) is 5.73 Å². The maximum Gasteiger partial charge on any atom is 0.272 e. The second kappa shape index (κ2) is 5.93. The van der Waals surface area contributed by atoms with Crippen LogP contribution in [-0.4, -0.2) is 60.0 Å². The van der Waals surface area contributed by atoms with Gasteiger partial charge in [0, 0.05) is 45.5 Å². The molecule has 1 aromatic rings. The number of hydrogen-bond donors (Lipinski definition) is 1. The number of nitrogens with zero attached hydrogens (tertiary/aromatic N) is 3. The fourth-order valence-corrected chi connectivity index (χ4v) is 2.22. The van der Waals surface area contributed by atoms with Crippen molar-refractivity contribution in [3.63, 3.8) is 0 Å². The van der Waals surface area contributed by atoms with Crippen molar-refractivity contribution in [2.45, 2.75) is 6.92 Å². The lowest BCUT2D eigenvalue weighted by atomic mass is 10.2. The molecule has 1 aliphatic heterocycles. The van der Waals surface area contributed by atoms with E-state index in [0.29, 0.717) is 12.2 Å². The van der Waals surface area contributed by atoms with Crippen molar-refractivity contribution >= 4 is 5.91 Å². The molecule has 0 bridgehead atoms. The van der Waals surface area contributed by atoms with Crippen LogP contribution in [0.1, 0.15) is 16.1 Å². The Morgan fingerprint density at radius 3 is 2.72 bits per heavy atom. The fourth-order valence-electron chi connectivity index (χ4n) is 2.22. The molecule has 0 aliphatic carbocycles. The van der Waals surface area contributed by atoms with E-state index in [4.69, 9.17) is 5.73 Å². The molecular weight excluding hydrogens is 228 g/mol. The van der Waals surface area contributed by atoms with E-state index in [1.165, 1.54) is 0 Å². The van der Waals surface area contributed by atoms with E-state index in [-0.39, 0.29) is 5.91 Å². The summed E-state index contributed by atoms with van der Waals surface area (Å²) in [5.74, 6) is 0.0421. The van der Waals surface area contributed by atoms with Crippen LogP contribution >= 0.6 is 0 Å². The summed E-state index contributed by atoms with van der Waals surface area (Å²) in [6, 6.07) is 3.77. The molecule has 1 aromatic heterocycles. The molecule has 0 spiro atoms. The summed E-state index contributed by atoms with van der Waals surface area (Å²) in [6.07, 6.45) is 1.67. The highest BCUT2D eigenvalue weighted by Crippen LogP contribution is 2.10. The maximum absolute atomic E-state index is 12.3. The van der Waals surface area contributed by atoms with Gasteiger partial charge in [-0.25, -0.2) is 0 Å². The molecule has 1 aliphatic rings. The van der Waals surface area contributed by atoms with Crippen LogP contribution in [0, 0.1) is 6.92 Å². The lowest BCUT2D eigenvalue weighted by Crippen LogP contribution is -2.50. The molecule has 0 radical (unpaired) electrons. The molecule has 2 heterocycles. The summed E-state index contributed by atoms with van der Waals surface area (Å²) in [5, 5.41) is 0. The molecule has 5 nitrogen and oxygen atoms in total. The zero-order chi connectivity index (χ0) is 13.0. The van der Waals surface area contributed by atoms with Gasteiger partial charge >= 0.3 is 0 Å². The second-order valence-corrected chi connectivity index (χ2v) is 4.59. The minimum absolute atomic E-state index is 0.0421. The minimum atomic E-state index is 0.0421. The third-order valence-electron chi connectivity index (χ3n) is 3.32. The van der Waals surface area contributed by atoms with Crippen LogP contribution in [0.2, 0.25) is 0 Å². The SMILES string of the molecule is Cc1cccnc1C(=O)N1CCN(CCN)CC1. The molecule has 1 amide bonds. The Bertz CT molecular complexity index is 413. The largest absolute Gasteiger partial charge is 0.335 e. The van der Waals surface area contributed by atoms with E-state index in [2.05, 4.69) is 9.88 Å². The Balaban J connectivity index is 1.98. The summed E-state index contributed by atoms with van der Waals surface area (Å²) >= 11 is 0. The molecule has 1 fully saturated rings. The Morgan fingerprint density at radius 2 is 2.11 bits per heavy atom. The molecule has 0 atom stereocenters. The number of piperazine rings is 1. The van der Waals surface area contributed by atoms with Gasteiger partial charge in [-0.15, -0.1) is 0 Å². The molecule has 2 rings (SSSR count). The molecule has 0 unspecified atom stereocenters.